The maximum atomic E-state index is 12.4. The van der Waals surface area contributed by atoms with Gasteiger partial charge in [-0.05, 0) is 73.2 Å². The molecule has 0 saturated heterocycles. The van der Waals surface area contributed by atoms with Gasteiger partial charge >= 0.3 is 0 Å². The molecule has 21 heavy (non-hydrogen) atoms. The number of amides is 1. The lowest BCUT2D eigenvalue weighted by molar-refractivity contribution is -0.123. The van der Waals surface area contributed by atoms with Crippen molar-refractivity contribution in [2.75, 3.05) is 5.32 Å². The van der Waals surface area contributed by atoms with Crippen molar-refractivity contribution in [2.45, 2.75) is 46.0 Å². The van der Waals surface area contributed by atoms with Gasteiger partial charge in [0.05, 0.1) is 0 Å². The predicted molar refractivity (Wildman–Crippen MR) is 91.1 cm³/mol. The summed E-state index contributed by atoms with van der Waals surface area (Å²) in [5.74, 6) is 1.23. The lowest BCUT2D eigenvalue weighted by atomic mass is 9.79. The quantitative estimate of drug-likeness (QED) is 0.784. The van der Waals surface area contributed by atoms with E-state index in [1.807, 2.05) is 13.0 Å². The van der Waals surface area contributed by atoms with Crippen molar-refractivity contribution in [3.63, 3.8) is 0 Å². The maximum absolute atomic E-state index is 12.4. The van der Waals surface area contributed by atoms with Crippen LogP contribution in [0.2, 0.25) is 0 Å². The van der Waals surface area contributed by atoms with Crippen LogP contribution >= 0.6 is 22.6 Å². The average Bonchev–Trinajstić information content (AvgIpc) is 2.42. The molecule has 0 radical (unpaired) electrons. The van der Waals surface area contributed by atoms with Crippen LogP contribution in [0.15, 0.2) is 12.3 Å². The van der Waals surface area contributed by atoms with Gasteiger partial charge in [0.15, 0.2) is 0 Å². The van der Waals surface area contributed by atoms with Crippen LogP contribution in [-0.4, -0.2) is 16.7 Å². The van der Waals surface area contributed by atoms with Gasteiger partial charge in [-0.2, -0.15) is 0 Å². The van der Waals surface area contributed by atoms with E-state index in [1.54, 1.807) is 13.1 Å². The molecule has 0 aromatic carbocycles. The summed E-state index contributed by atoms with van der Waals surface area (Å²) in [6.45, 7) is 3.62. The van der Waals surface area contributed by atoms with Crippen LogP contribution in [0.3, 0.4) is 0 Å². The zero-order valence-corrected chi connectivity index (χ0v) is 14.6. The Bertz CT molecular complexity index is 545. The monoisotopic (exact) mass is 400 g/mol. The number of Topliss-reactive ketones (excluding diaryl/α,β-unsaturated/α-hetero) is 1. The third-order valence-electron chi connectivity index (χ3n) is 4.02. The number of anilines is 1. The number of pyridine rings is 1. The number of carbonyl (C=O) groups is 2. The zero-order valence-electron chi connectivity index (χ0n) is 12.5. The Hall–Kier alpha value is -0.980. The van der Waals surface area contributed by atoms with Crippen molar-refractivity contribution in [3.8, 4) is 0 Å². The van der Waals surface area contributed by atoms with E-state index in [4.69, 9.17) is 0 Å². The summed E-state index contributed by atoms with van der Waals surface area (Å²) in [5.41, 5.74) is 1.10. The molecule has 1 aliphatic carbocycles. The molecule has 1 aromatic heterocycles. The topological polar surface area (TPSA) is 59.1 Å². The van der Waals surface area contributed by atoms with Crippen LogP contribution in [-0.2, 0) is 9.59 Å². The molecule has 1 amide bonds. The van der Waals surface area contributed by atoms with Gasteiger partial charge in [0.1, 0.15) is 11.6 Å². The molecule has 1 aliphatic rings. The summed E-state index contributed by atoms with van der Waals surface area (Å²) < 4.78 is 1.09. The number of hydrogen-bond donors (Lipinski definition) is 1. The highest BCUT2D eigenvalue weighted by molar-refractivity contribution is 14.1. The van der Waals surface area contributed by atoms with Crippen molar-refractivity contribution >= 4 is 40.1 Å². The van der Waals surface area contributed by atoms with E-state index in [0.29, 0.717) is 18.2 Å². The largest absolute Gasteiger partial charge is 0.310 e. The number of halogens is 1. The number of hydrogen-bond acceptors (Lipinski definition) is 3. The van der Waals surface area contributed by atoms with E-state index in [1.165, 1.54) is 0 Å². The fraction of sp³-hybridized carbons (Fsp3) is 0.562. The summed E-state index contributed by atoms with van der Waals surface area (Å²) in [6.07, 6.45) is 6.18. The highest BCUT2D eigenvalue weighted by Gasteiger charge is 2.28. The summed E-state index contributed by atoms with van der Waals surface area (Å²) >= 11 is 2.24. The van der Waals surface area contributed by atoms with E-state index in [2.05, 4.69) is 32.9 Å². The van der Waals surface area contributed by atoms with Crippen molar-refractivity contribution in [3.05, 3.63) is 21.4 Å². The van der Waals surface area contributed by atoms with Gasteiger partial charge < -0.3 is 10.1 Å². The first-order valence-electron chi connectivity index (χ1n) is 7.38. The number of carbonyl (C=O) groups excluding carboxylic acids is 2. The van der Waals surface area contributed by atoms with Crippen molar-refractivity contribution in [1.82, 2.24) is 4.98 Å². The Morgan fingerprint density at radius 1 is 1.43 bits per heavy atom. The zero-order chi connectivity index (χ0) is 15.4. The van der Waals surface area contributed by atoms with E-state index in [-0.39, 0.29) is 17.6 Å². The summed E-state index contributed by atoms with van der Waals surface area (Å²) in [4.78, 5) is 27.8. The molecule has 2 rings (SSSR count). The van der Waals surface area contributed by atoms with E-state index < -0.39 is 0 Å². The lowest BCUT2D eigenvalue weighted by Gasteiger charge is -2.27. The fourth-order valence-electron chi connectivity index (χ4n) is 2.92. The Morgan fingerprint density at radius 3 is 2.86 bits per heavy atom. The molecule has 0 unspecified atom stereocenters. The second kappa shape index (κ2) is 7.33. The minimum Gasteiger partial charge on any atom is -0.310 e. The molecule has 1 heterocycles. The van der Waals surface area contributed by atoms with Crippen LogP contribution < -0.4 is 5.32 Å². The van der Waals surface area contributed by atoms with Gasteiger partial charge in [-0.25, -0.2) is 4.98 Å². The van der Waals surface area contributed by atoms with Crippen LogP contribution in [0.25, 0.3) is 0 Å². The average molecular weight is 400 g/mol. The molecule has 0 bridgehead atoms. The molecular weight excluding hydrogens is 379 g/mol. The highest BCUT2D eigenvalue weighted by atomic mass is 127. The molecule has 5 heteroatoms. The van der Waals surface area contributed by atoms with Gasteiger partial charge in [0.2, 0.25) is 5.91 Å². The Kier molecular flexibility index (Phi) is 5.72. The molecule has 1 saturated carbocycles. The molecular formula is C16H21IN2O2. The number of ketones is 1. The molecule has 2 atom stereocenters. The third kappa shape index (κ3) is 4.76. The van der Waals surface area contributed by atoms with E-state index in [9.17, 15) is 9.59 Å². The van der Waals surface area contributed by atoms with E-state index in [0.717, 1.165) is 34.8 Å². The van der Waals surface area contributed by atoms with Crippen molar-refractivity contribution in [2.24, 2.45) is 11.8 Å². The van der Waals surface area contributed by atoms with Gasteiger partial charge in [-0.3, -0.25) is 4.79 Å². The molecule has 4 nitrogen and oxygen atoms in total. The van der Waals surface area contributed by atoms with Crippen LogP contribution in [0, 0.1) is 22.3 Å². The summed E-state index contributed by atoms with van der Waals surface area (Å²) in [6, 6.07) is 1.89. The summed E-state index contributed by atoms with van der Waals surface area (Å²) in [5, 5.41) is 2.91. The molecule has 1 N–H and O–H groups in total. The second-order valence-electron chi connectivity index (χ2n) is 5.94. The van der Waals surface area contributed by atoms with Gasteiger partial charge in [0, 0.05) is 22.1 Å². The standard InChI is InChI=1S/C16H21IN2O2/c1-10-9-18-15(8-14(10)17)19-16(21)13-5-3-4-12(7-13)6-11(2)20/h8-9,12-13H,3-7H2,1-2H3,(H,18,19,21)/t12-,13-/m0/s1. The third-order valence-corrected chi connectivity index (χ3v) is 5.18. The summed E-state index contributed by atoms with van der Waals surface area (Å²) in [7, 11) is 0. The van der Waals surface area contributed by atoms with Crippen LogP contribution in [0.1, 0.15) is 44.6 Å². The first-order valence-corrected chi connectivity index (χ1v) is 8.46. The predicted octanol–water partition coefficient (Wildman–Crippen LogP) is 3.72. The molecule has 1 aromatic rings. The Labute approximate surface area is 139 Å². The van der Waals surface area contributed by atoms with Gasteiger partial charge in [-0.15, -0.1) is 0 Å². The normalized spacial score (nSPS) is 21.9. The van der Waals surface area contributed by atoms with Gasteiger partial charge in [0.25, 0.3) is 0 Å². The van der Waals surface area contributed by atoms with Crippen molar-refractivity contribution < 1.29 is 9.59 Å². The Balaban J connectivity index is 1.96. The minimum absolute atomic E-state index is 0.00358. The van der Waals surface area contributed by atoms with Crippen molar-refractivity contribution in [1.29, 1.82) is 0 Å². The number of rotatable bonds is 4. The number of nitrogens with one attached hydrogen (secondary N) is 1. The molecule has 0 spiro atoms. The molecule has 0 aliphatic heterocycles. The molecule has 114 valence electrons. The van der Waals surface area contributed by atoms with Crippen LogP contribution in [0.5, 0.6) is 0 Å². The first kappa shape index (κ1) is 16.4. The fourth-order valence-corrected chi connectivity index (χ4v) is 3.35. The maximum Gasteiger partial charge on any atom is 0.228 e. The molecule has 1 fully saturated rings. The highest BCUT2D eigenvalue weighted by Crippen LogP contribution is 2.32. The number of nitrogens with zero attached hydrogens (tertiary/aromatic N) is 1. The number of aryl methyl sites for hydroxylation is 1. The van der Waals surface area contributed by atoms with Gasteiger partial charge in [-0.1, -0.05) is 6.42 Å². The SMILES string of the molecule is CC(=O)C[C@@H]1CCC[C@H](C(=O)Nc2cc(I)c(C)cn2)C1. The first-order chi connectivity index (χ1) is 9.95. The second-order valence-corrected chi connectivity index (χ2v) is 7.11. The Morgan fingerprint density at radius 2 is 2.19 bits per heavy atom. The van der Waals surface area contributed by atoms with Crippen LogP contribution in [0.4, 0.5) is 5.82 Å². The lowest BCUT2D eigenvalue weighted by Crippen LogP contribution is -2.29. The van der Waals surface area contributed by atoms with E-state index >= 15 is 0 Å². The minimum atomic E-state index is 0.00358. The number of aromatic nitrogens is 1. The smallest absolute Gasteiger partial charge is 0.228 e.